The van der Waals surface area contributed by atoms with Crippen LogP contribution in [0.4, 0.5) is 0 Å². The summed E-state index contributed by atoms with van der Waals surface area (Å²) in [6.07, 6.45) is 1.08. The Balaban J connectivity index is 1.41. The van der Waals surface area contributed by atoms with Crippen molar-refractivity contribution in [3.05, 3.63) is 65.2 Å². The lowest BCUT2D eigenvalue weighted by Gasteiger charge is -2.36. The van der Waals surface area contributed by atoms with E-state index in [9.17, 15) is 9.59 Å². The molecule has 30 heavy (non-hydrogen) atoms. The van der Waals surface area contributed by atoms with Crippen molar-refractivity contribution < 1.29 is 14.3 Å². The molecule has 0 unspecified atom stereocenters. The van der Waals surface area contributed by atoms with Crippen LogP contribution in [0.1, 0.15) is 30.0 Å². The second-order valence-electron chi connectivity index (χ2n) is 7.89. The van der Waals surface area contributed by atoms with E-state index in [2.05, 4.69) is 22.3 Å². The quantitative estimate of drug-likeness (QED) is 0.799. The third-order valence-electron chi connectivity index (χ3n) is 5.91. The summed E-state index contributed by atoms with van der Waals surface area (Å²) in [5.74, 6) is 0.830. The highest BCUT2D eigenvalue weighted by Gasteiger charge is 2.33. The second kappa shape index (κ2) is 9.30. The van der Waals surface area contributed by atoms with E-state index in [1.54, 1.807) is 0 Å². The first kappa shape index (κ1) is 20.4. The largest absolute Gasteiger partial charge is 0.494 e. The minimum atomic E-state index is -0.435. The van der Waals surface area contributed by atoms with Crippen molar-refractivity contribution >= 4 is 11.8 Å². The van der Waals surface area contributed by atoms with Gasteiger partial charge < -0.3 is 15.0 Å². The fraction of sp³-hybridized carbons (Fsp3) is 0.417. The maximum absolute atomic E-state index is 13.0. The Kier molecular flexibility index (Phi) is 6.33. The van der Waals surface area contributed by atoms with Crippen molar-refractivity contribution in [1.82, 2.24) is 15.1 Å². The van der Waals surface area contributed by atoms with Gasteiger partial charge in [0, 0.05) is 32.7 Å². The van der Waals surface area contributed by atoms with Crippen LogP contribution in [0.3, 0.4) is 0 Å². The van der Waals surface area contributed by atoms with Crippen LogP contribution in [0.5, 0.6) is 5.75 Å². The lowest BCUT2D eigenvalue weighted by atomic mass is 9.99. The van der Waals surface area contributed by atoms with Gasteiger partial charge in [-0.15, -0.1) is 0 Å². The van der Waals surface area contributed by atoms with Gasteiger partial charge >= 0.3 is 0 Å². The van der Waals surface area contributed by atoms with Crippen LogP contribution in [0.15, 0.2) is 48.5 Å². The standard InChI is InChI=1S/C24H29N3O3/c1-2-30-21-9-7-18(8-10-21)16-26-14-12-25-24(29)22(26)15-23(28)27-13-11-19-5-3-4-6-20(19)17-27/h3-10,22H,2,11-17H2,1H3,(H,25,29)/t22-/m0/s1. The minimum absolute atomic E-state index is 0.0447. The summed E-state index contributed by atoms with van der Waals surface area (Å²) in [5, 5.41) is 2.93. The molecule has 2 aliphatic rings. The van der Waals surface area contributed by atoms with Crippen molar-refractivity contribution in [1.29, 1.82) is 0 Å². The zero-order chi connectivity index (χ0) is 20.9. The third-order valence-corrected chi connectivity index (χ3v) is 5.91. The third kappa shape index (κ3) is 4.65. The number of nitrogens with zero attached hydrogens (tertiary/aromatic N) is 2. The number of hydrogen-bond donors (Lipinski definition) is 1. The molecule has 4 rings (SSSR count). The van der Waals surface area contributed by atoms with E-state index in [0.717, 1.165) is 24.3 Å². The van der Waals surface area contributed by atoms with Gasteiger partial charge in [0.2, 0.25) is 11.8 Å². The first-order valence-electron chi connectivity index (χ1n) is 10.7. The van der Waals surface area contributed by atoms with Crippen LogP contribution in [0, 0.1) is 0 Å². The molecule has 1 N–H and O–H groups in total. The molecule has 2 aromatic rings. The number of fused-ring (bicyclic) bond motifs is 1. The fourth-order valence-corrected chi connectivity index (χ4v) is 4.27. The lowest BCUT2D eigenvalue weighted by Crippen LogP contribution is -2.56. The van der Waals surface area contributed by atoms with Gasteiger partial charge in [0.1, 0.15) is 5.75 Å². The molecule has 2 heterocycles. The molecule has 1 saturated heterocycles. The van der Waals surface area contributed by atoms with E-state index in [4.69, 9.17) is 4.74 Å². The molecule has 1 atom stereocenters. The Morgan fingerprint density at radius 2 is 1.87 bits per heavy atom. The highest BCUT2D eigenvalue weighted by atomic mass is 16.5. The van der Waals surface area contributed by atoms with Crippen LogP contribution < -0.4 is 10.1 Å². The van der Waals surface area contributed by atoms with E-state index in [1.165, 1.54) is 11.1 Å². The Bertz CT molecular complexity index is 897. The zero-order valence-corrected chi connectivity index (χ0v) is 17.5. The summed E-state index contributed by atoms with van der Waals surface area (Å²) < 4.78 is 5.51. The zero-order valence-electron chi connectivity index (χ0n) is 17.5. The smallest absolute Gasteiger partial charge is 0.237 e. The average Bonchev–Trinajstić information content (AvgIpc) is 2.77. The highest BCUT2D eigenvalue weighted by Crippen LogP contribution is 2.22. The lowest BCUT2D eigenvalue weighted by molar-refractivity contribution is -0.139. The molecule has 2 aromatic carbocycles. The first-order chi connectivity index (χ1) is 14.6. The number of hydrogen-bond acceptors (Lipinski definition) is 4. The average molecular weight is 408 g/mol. The van der Waals surface area contributed by atoms with Crippen LogP contribution >= 0.6 is 0 Å². The fourth-order valence-electron chi connectivity index (χ4n) is 4.27. The van der Waals surface area contributed by atoms with Crippen molar-refractivity contribution in [2.45, 2.75) is 38.9 Å². The monoisotopic (exact) mass is 407 g/mol. The van der Waals surface area contributed by atoms with Crippen LogP contribution in [-0.4, -0.2) is 53.9 Å². The SMILES string of the molecule is CCOc1ccc(CN2CCNC(=O)[C@@H]2CC(=O)N2CCc3ccccc3C2)cc1. The Morgan fingerprint density at radius 1 is 1.10 bits per heavy atom. The van der Waals surface area contributed by atoms with Crippen LogP contribution in [-0.2, 0) is 29.1 Å². The topological polar surface area (TPSA) is 61.9 Å². The van der Waals surface area contributed by atoms with Gasteiger partial charge in [-0.25, -0.2) is 0 Å². The van der Waals surface area contributed by atoms with Crippen molar-refractivity contribution in [2.24, 2.45) is 0 Å². The van der Waals surface area contributed by atoms with Gasteiger partial charge in [0.05, 0.1) is 19.1 Å². The number of benzene rings is 2. The summed E-state index contributed by atoms with van der Waals surface area (Å²) in [4.78, 5) is 29.6. The van der Waals surface area contributed by atoms with E-state index >= 15 is 0 Å². The van der Waals surface area contributed by atoms with E-state index < -0.39 is 6.04 Å². The number of piperazine rings is 1. The first-order valence-corrected chi connectivity index (χ1v) is 10.7. The highest BCUT2D eigenvalue weighted by molar-refractivity contribution is 5.89. The number of nitrogens with one attached hydrogen (secondary N) is 1. The molecular formula is C24H29N3O3. The molecule has 0 saturated carbocycles. The summed E-state index contributed by atoms with van der Waals surface area (Å²) in [7, 11) is 0. The van der Waals surface area contributed by atoms with Gasteiger partial charge in [-0.05, 0) is 42.2 Å². The normalized spacial score (nSPS) is 19.2. The summed E-state index contributed by atoms with van der Waals surface area (Å²) in [6.45, 7) is 5.92. The Hall–Kier alpha value is -2.86. The molecule has 0 radical (unpaired) electrons. The maximum Gasteiger partial charge on any atom is 0.237 e. The summed E-state index contributed by atoms with van der Waals surface area (Å²) in [5.41, 5.74) is 3.63. The molecule has 1 fully saturated rings. The van der Waals surface area contributed by atoms with Gasteiger partial charge in [-0.3, -0.25) is 14.5 Å². The molecular weight excluding hydrogens is 378 g/mol. The molecule has 0 aromatic heterocycles. The summed E-state index contributed by atoms with van der Waals surface area (Å²) >= 11 is 0. The molecule has 2 aliphatic heterocycles. The van der Waals surface area contributed by atoms with Gasteiger partial charge in [-0.1, -0.05) is 36.4 Å². The van der Waals surface area contributed by atoms with E-state index in [-0.39, 0.29) is 18.2 Å². The Labute approximate surface area is 177 Å². The molecule has 6 nitrogen and oxygen atoms in total. The van der Waals surface area contributed by atoms with E-state index in [1.807, 2.05) is 48.2 Å². The Morgan fingerprint density at radius 3 is 2.63 bits per heavy atom. The predicted octanol–water partition coefficient (Wildman–Crippen LogP) is 2.36. The number of ether oxygens (including phenoxy) is 1. The molecule has 0 spiro atoms. The van der Waals surface area contributed by atoms with E-state index in [0.29, 0.717) is 32.8 Å². The second-order valence-corrected chi connectivity index (χ2v) is 7.89. The van der Waals surface area contributed by atoms with Crippen molar-refractivity contribution in [2.75, 3.05) is 26.2 Å². The van der Waals surface area contributed by atoms with Crippen molar-refractivity contribution in [3.8, 4) is 5.75 Å². The van der Waals surface area contributed by atoms with Crippen LogP contribution in [0.25, 0.3) is 0 Å². The maximum atomic E-state index is 13.0. The van der Waals surface area contributed by atoms with Gasteiger partial charge in [-0.2, -0.15) is 0 Å². The minimum Gasteiger partial charge on any atom is -0.494 e. The number of carbonyl (C=O) groups is 2. The molecule has 158 valence electrons. The number of amides is 2. The molecule has 0 aliphatic carbocycles. The van der Waals surface area contributed by atoms with Crippen LogP contribution in [0.2, 0.25) is 0 Å². The van der Waals surface area contributed by atoms with Gasteiger partial charge in [0.25, 0.3) is 0 Å². The molecule has 6 heteroatoms. The molecule has 2 amide bonds. The predicted molar refractivity (Wildman–Crippen MR) is 115 cm³/mol. The number of rotatable bonds is 6. The molecule has 0 bridgehead atoms. The summed E-state index contributed by atoms with van der Waals surface area (Å²) in [6, 6.07) is 15.8. The number of carbonyl (C=O) groups excluding carboxylic acids is 2. The van der Waals surface area contributed by atoms with Gasteiger partial charge in [0.15, 0.2) is 0 Å². The van der Waals surface area contributed by atoms with Crippen molar-refractivity contribution in [3.63, 3.8) is 0 Å².